The summed E-state index contributed by atoms with van der Waals surface area (Å²) in [5, 5.41) is 4.06. The predicted octanol–water partition coefficient (Wildman–Crippen LogP) is 5.77. The van der Waals surface area contributed by atoms with E-state index in [4.69, 9.17) is 0 Å². The third kappa shape index (κ3) is 3.46. The highest BCUT2D eigenvalue weighted by molar-refractivity contribution is 9.10. The molecule has 5 rings (SSSR count). The number of amides is 1. The maximum absolute atomic E-state index is 13.9. The average Bonchev–Trinajstić information content (AvgIpc) is 3.14. The van der Waals surface area contributed by atoms with Crippen molar-refractivity contribution in [1.29, 1.82) is 0 Å². The number of aromatic nitrogens is 3. The van der Waals surface area contributed by atoms with Crippen molar-refractivity contribution in [3.8, 4) is 11.3 Å². The van der Waals surface area contributed by atoms with Gasteiger partial charge in [-0.15, -0.1) is 0 Å². The number of benzene rings is 2. The van der Waals surface area contributed by atoms with Crippen molar-refractivity contribution in [1.82, 2.24) is 14.6 Å². The molecule has 2 aromatic heterocycles. The molecule has 0 aliphatic carbocycles. The lowest BCUT2D eigenvalue weighted by atomic mass is 10.0. The molecule has 0 atom stereocenters. The first-order valence-electron chi connectivity index (χ1n) is 9.96. The van der Waals surface area contributed by atoms with Crippen LogP contribution in [0.4, 0.5) is 18.9 Å². The van der Waals surface area contributed by atoms with E-state index in [1.165, 1.54) is 0 Å². The second kappa shape index (κ2) is 7.74. The van der Waals surface area contributed by atoms with Crippen LogP contribution in [0.1, 0.15) is 28.2 Å². The van der Waals surface area contributed by atoms with Gasteiger partial charge in [-0.3, -0.25) is 4.79 Å². The molecular weight excluding hydrogens is 485 g/mol. The van der Waals surface area contributed by atoms with Crippen LogP contribution in [0.5, 0.6) is 0 Å². The van der Waals surface area contributed by atoms with Gasteiger partial charge in [-0.05, 0) is 46.5 Å². The molecule has 9 heteroatoms. The Morgan fingerprint density at radius 3 is 2.50 bits per heavy atom. The van der Waals surface area contributed by atoms with Crippen molar-refractivity contribution >= 4 is 33.2 Å². The highest BCUT2D eigenvalue weighted by Gasteiger charge is 2.37. The Morgan fingerprint density at radius 2 is 1.75 bits per heavy atom. The van der Waals surface area contributed by atoms with Gasteiger partial charge in [0, 0.05) is 17.8 Å². The molecule has 0 bridgehead atoms. The summed E-state index contributed by atoms with van der Waals surface area (Å²) in [6, 6.07) is 17.1. The van der Waals surface area contributed by atoms with Crippen LogP contribution < -0.4 is 4.90 Å². The molecule has 1 aliphatic heterocycles. The van der Waals surface area contributed by atoms with Gasteiger partial charge in [0.25, 0.3) is 5.91 Å². The second-order valence-corrected chi connectivity index (χ2v) is 8.27. The van der Waals surface area contributed by atoms with Crippen molar-refractivity contribution in [2.75, 3.05) is 11.4 Å². The van der Waals surface area contributed by atoms with Gasteiger partial charge in [0.1, 0.15) is 0 Å². The van der Waals surface area contributed by atoms with E-state index in [0.29, 0.717) is 16.6 Å². The number of halogens is 4. The fourth-order valence-electron chi connectivity index (χ4n) is 3.96. The summed E-state index contributed by atoms with van der Waals surface area (Å²) >= 11 is 3.31. The van der Waals surface area contributed by atoms with Gasteiger partial charge >= 0.3 is 6.18 Å². The van der Waals surface area contributed by atoms with Crippen molar-refractivity contribution in [3.05, 3.63) is 82.1 Å². The number of para-hydroxylation sites is 1. The highest BCUT2D eigenvalue weighted by Crippen LogP contribution is 2.36. The monoisotopic (exact) mass is 500 g/mol. The molecule has 3 heterocycles. The van der Waals surface area contributed by atoms with Crippen LogP contribution in [-0.4, -0.2) is 27.0 Å². The topological polar surface area (TPSA) is 50.5 Å². The molecule has 0 saturated heterocycles. The maximum Gasteiger partial charge on any atom is 0.433 e. The van der Waals surface area contributed by atoms with E-state index < -0.39 is 17.8 Å². The first-order chi connectivity index (χ1) is 15.3. The zero-order chi connectivity index (χ0) is 22.5. The molecule has 32 heavy (non-hydrogen) atoms. The molecule has 2 aromatic carbocycles. The van der Waals surface area contributed by atoms with Gasteiger partial charge in [0.05, 0.1) is 10.2 Å². The smallest absolute Gasteiger partial charge is 0.307 e. The largest absolute Gasteiger partial charge is 0.433 e. The van der Waals surface area contributed by atoms with Gasteiger partial charge in [0.2, 0.25) is 0 Å². The lowest BCUT2D eigenvalue weighted by Gasteiger charge is -2.28. The molecule has 0 fully saturated rings. The number of alkyl halides is 3. The van der Waals surface area contributed by atoms with Gasteiger partial charge in [-0.1, -0.05) is 48.5 Å². The van der Waals surface area contributed by atoms with E-state index in [1.807, 2.05) is 24.3 Å². The number of fused-ring (bicyclic) bond motifs is 2. The molecule has 0 spiro atoms. The number of hydrogen-bond acceptors (Lipinski definition) is 3. The third-order valence-electron chi connectivity index (χ3n) is 5.45. The standard InChI is InChI=1S/C23H16BrF3N4O/c24-19-20(22(32)30-12-6-10-15-9-4-5-11-17(15)30)29-31-18(23(25,26)27)13-16(28-21(19)31)14-7-2-1-3-8-14/h1-5,7-9,11,13H,6,10,12H2. The van der Waals surface area contributed by atoms with E-state index in [9.17, 15) is 18.0 Å². The van der Waals surface area contributed by atoms with Crippen LogP contribution in [0, 0.1) is 0 Å². The van der Waals surface area contributed by atoms with Crippen molar-refractivity contribution < 1.29 is 18.0 Å². The van der Waals surface area contributed by atoms with Crippen LogP contribution in [0.3, 0.4) is 0 Å². The van der Waals surface area contributed by atoms with E-state index >= 15 is 0 Å². The Kier molecular flexibility index (Phi) is 5.00. The first-order valence-corrected chi connectivity index (χ1v) is 10.8. The van der Waals surface area contributed by atoms with Crippen LogP contribution >= 0.6 is 15.9 Å². The molecular formula is C23H16BrF3N4O. The zero-order valence-electron chi connectivity index (χ0n) is 16.6. The molecule has 0 N–H and O–H groups in total. The fourth-order valence-corrected chi connectivity index (χ4v) is 4.46. The molecule has 4 aromatic rings. The summed E-state index contributed by atoms with van der Waals surface area (Å²) in [7, 11) is 0. The van der Waals surface area contributed by atoms with E-state index in [2.05, 4.69) is 26.0 Å². The summed E-state index contributed by atoms with van der Waals surface area (Å²) in [5.74, 6) is -0.469. The number of rotatable bonds is 2. The SMILES string of the molecule is O=C(c1nn2c(C(F)(F)F)cc(-c3ccccc3)nc2c1Br)N1CCCc2ccccc21. The summed E-state index contributed by atoms with van der Waals surface area (Å²) in [5.41, 5.74) is 1.28. The summed E-state index contributed by atoms with van der Waals surface area (Å²) < 4.78 is 42.6. The fraction of sp³-hybridized carbons (Fsp3) is 0.174. The Balaban J connectivity index is 1.68. The normalized spacial score (nSPS) is 13.9. The van der Waals surface area contributed by atoms with Crippen molar-refractivity contribution in [2.24, 2.45) is 0 Å². The molecule has 5 nitrogen and oxygen atoms in total. The number of anilines is 1. The lowest BCUT2D eigenvalue weighted by Crippen LogP contribution is -2.36. The Morgan fingerprint density at radius 1 is 1.03 bits per heavy atom. The maximum atomic E-state index is 13.9. The van der Waals surface area contributed by atoms with Crippen LogP contribution in [0.2, 0.25) is 0 Å². The van der Waals surface area contributed by atoms with E-state index in [0.717, 1.165) is 30.2 Å². The molecule has 1 amide bonds. The van der Waals surface area contributed by atoms with Crippen molar-refractivity contribution in [3.63, 3.8) is 0 Å². The third-order valence-corrected chi connectivity index (χ3v) is 6.18. The highest BCUT2D eigenvalue weighted by atomic mass is 79.9. The van der Waals surface area contributed by atoms with Crippen LogP contribution in [0.25, 0.3) is 16.9 Å². The van der Waals surface area contributed by atoms with Crippen LogP contribution in [0.15, 0.2) is 65.1 Å². The molecule has 162 valence electrons. The van der Waals surface area contributed by atoms with E-state index in [1.54, 1.807) is 35.2 Å². The van der Waals surface area contributed by atoms with Gasteiger partial charge < -0.3 is 4.90 Å². The van der Waals surface area contributed by atoms with Crippen LogP contribution in [-0.2, 0) is 12.6 Å². The Hall–Kier alpha value is -3.20. The average molecular weight is 501 g/mol. The number of hydrogen-bond donors (Lipinski definition) is 0. The predicted molar refractivity (Wildman–Crippen MR) is 118 cm³/mol. The summed E-state index contributed by atoms with van der Waals surface area (Å²) in [4.78, 5) is 19.3. The summed E-state index contributed by atoms with van der Waals surface area (Å²) in [6.07, 6.45) is -3.08. The second-order valence-electron chi connectivity index (χ2n) is 7.48. The molecule has 0 radical (unpaired) electrons. The summed E-state index contributed by atoms with van der Waals surface area (Å²) in [6.45, 7) is 0.463. The molecule has 0 unspecified atom stereocenters. The Labute approximate surface area is 189 Å². The minimum absolute atomic E-state index is 0.0627. The Bertz CT molecular complexity index is 1330. The number of carbonyl (C=O) groups excluding carboxylic acids is 1. The first kappa shape index (κ1) is 20.7. The van der Waals surface area contributed by atoms with Gasteiger partial charge in [-0.25, -0.2) is 9.50 Å². The minimum Gasteiger partial charge on any atom is -0.307 e. The number of aryl methyl sites for hydroxylation is 1. The molecule has 0 saturated carbocycles. The minimum atomic E-state index is -4.69. The van der Waals surface area contributed by atoms with Crippen molar-refractivity contribution in [2.45, 2.75) is 19.0 Å². The lowest BCUT2D eigenvalue weighted by molar-refractivity contribution is -0.142. The number of nitrogens with zero attached hydrogens (tertiary/aromatic N) is 4. The van der Waals surface area contributed by atoms with Gasteiger partial charge in [-0.2, -0.15) is 18.3 Å². The van der Waals surface area contributed by atoms with Gasteiger partial charge in [0.15, 0.2) is 17.0 Å². The number of carbonyl (C=O) groups is 1. The van der Waals surface area contributed by atoms with E-state index in [-0.39, 0.29) is 21.5 Å². The molecule has 1 aliphatic rings. The zero-order valence-corrected chi connectivity index (χ0v) is 18.2. The quantitative estimate of drug-likeness (QED) is 0.351.